The van der Waals surface area contributed by atoms with Crippen LogP contribution in [0.2, 0.25) is 5.02 Å². The maximum Gasteiger partial charge on any atom is 0.259 e. The van der Waals surface area contributed by atoms with E-state index in [9.17, 15) is 4.79 Å². The lowest BCUT2D eigenvalue weighted by Gasteiger charge is -2.12. The standard InChI is InChI=1S/C25H24ClN3O5/c1-2-31-23-11-18(5-9-21(23)32-15-17-3-6-19(26)7-4-17)13-28-29-25(30)14-27-20-8-10-22-24(12-20)34-16-33-22/h3-13,27H,2,14-16H2,1H3,(H,29,30)/b28-13-. The van der Waals surface area contributed by atoms with Gasteiger partial charge in [-0.05, 0) is 60.5 Å². The van der Waals surface area contributed by atoms with Gasteiger partial charge < -0.3 is 24.3 Å². The minimum atomic E-state index is -0.290. The first-order valence-corrected chi connectivity index (χ1v) is 11.1. The van der Waals surface area contributed by atoms with Crippen LogP contribution in [0.1, 0.15) is 18.1 Å². The van der Waals surface area contributed by atoms with Crippen LogP contribution in [0.15, 0.2) is 65.8 Å². The molecule has 0 saturated carbocycles. The summed E-state index contributed by atoms with van der Waals surface area (Å²) in [6.07, 6.45) is 1.55. The zero-order chi connectivity index (χ0) is 23.8. The van der Waals surface area contributed by atoms with E-state index in [0.717, 1.165) is 16.8 Å². The number of nitrogens with one attached hydrogen (secondary N) is 2. The zero-order valence-electron chi connectivity index (χ0n) is 18.5. The smallest absolute Gasteiger partial charge is 0.259 e. The van der Waals surface area contributed by atoms with Crippen molar-refractivity contribution in [1.29, 1.82) is 0 Å². The molecule has 0 aliphatic carbocycles. The van der Waals surface area contributed by atoms with Crippen molar-refractivity contribution in [2.24, 2.45) is 5.10 Å². The van der Waals surface area contributed by atoms with E-state index in [1.165, 1.54) is 0 Å². The first-order chi connectivity index (χ1) is 16.6. The van der Waals surface area contributed by atoms with Crippen LogP contribution in [0.25, 0.3) is 0 Å². The van der Waals surface area contributed by atoms with E-state index >= 15 is 0 Å². The fourth-order valence-electron chi connectivity index (χ4n) is 3.14. The minimum absolute atomic E-state index is 0.0542. The molecular formula is C25H24ClN3O5. The highest BCUT2D eigenvalue weighted by Crippen LogP contribution is 2.34. The van der Waals surface area contributed by atoms with Gasteiger partial charge in [-0.2, -0.15) is 5.10 Å². The first-order valence-electron chi connectivity index (χ1n) is 10.7. The van der Waals surface area contributed by atoms with E-state index in [0.29, 0.717) is 41.2 Å². The summed E-state index contributed by atoms with van der Waals surface area (Å²) >= 11 is 5.93. The fraction of sp³-hybridized carbons (Fsp3) is 0.200. The molecule has 2 N–H and O–H groups in total. The van der Waals surface area contributed by atoms with E-state index in [4.69, 9.17) is 30.5 Å². The molecule has 3 aromatic carbocycles. The van der Waals surface area contributed by atoms with E-state index in [1.54, 1.807) is 24.4 Å². The lowest BCUT2D eigenvalue weighted by atomic mass is 10.2. The van der Waals surface area contributed by atoms with Gasteiger partial charge in [-0.1, -0.05) is 23.7 Å². The summed E-state index contributed by atoms with van der Waals surface area (Å²) in [6.45, 7) is 3.03. The van der Waals surface area contributed by atoms with Crippen LogP contribution < -0.4 is 29.7 Å². The van der Waals surface area contributed by atoms with Gasteiger partial charge in [0, 0.05) is 16.8 Å². The van der Waals surface area contributed by atoms with Crippen molar-refractivity contribution in [3.8, 4) is 23.0 Å². The molecule has 34 heavy (non-hydrogen) atoms. The molecule has 1 amide bonds. The van der Waals surface area contributed by atoms with Gasteiger partial charge in [-0.15, -0.1) is 0 Å². The number of amides is 1. The summed E-state index contributed by atoms with van der Waals surface area (Å²) < 4.78 is 22.2. The summed E-state index contributed by atoms with van der Waals surface area (Å²) in [5, 5.41) is 7.73. The minimum Gasteiger partial charge on any atom is -0.490 e. The zero-order valence-corrected chi connectivity index (χ0v) is 19.3. The highest BCUT2D eigenvalue weighted by atomic mass is 35.5. The number of hydrogen-bond acceptors (Lipinski definition) is 7. The van der Waals surface area contributed by atoms with E-state index in [2.05, 4.69) is 15.8 Å². The van der Waals surface area contributed by atoms with Crippen molar-refractivity contribution in [2.75, 3.05) is 25.3 Å². The van der Waals surface area contributed by atoms with Crippen molar-refractivity contribution >= 4 is 29.4 Å². The van der Waals surface area contributed by atoms with Crippen molar-refractivity contribution in [3.63, 3.8) is 0 Å². The number of rotatable bonds is 10. The second-order valence-corrected chi connectivity index (χ2v) is 7.71. The third kappa shape index (κ3) is 6.32. The first kappa shape index (κ1) is 23.3. The molecule has 0 spiro atoms. The highest BCUT2D eigenvalue weighted by Gasteiger charge is 2.13. The Morgan fingerprint density at radius 2 is 1.85 bits per heavy atom. The quantitative estimate of drug-likeness (QED) is 0.324. The molecule has 4 rings (SSSR count). The number of ether oxygens (including phenoxy) is 4. The van der Waals surface area contributed by atoms with Gasteiger partial charge in [0.15, 0.2) is 23.0 Å². The predicted molar refractivity (Wildman–Crippen MR) is 130 cm³/mol. The normalized spacial score (nSPS) is 11.9. The number of benzene rings is 3. The second kappa shape index (κ2) is 11.3. The Morgan fingerprint density at radius 3 is 2.68 bits per heavy atom. The molecule has 3 aromatic rings. The predicted octanol–water partition coefficient (Wildman–Crippen LogP) is 4.61. The molecule has 176 valence electrons. The van der Waals surface area contributed by atoms with E-state index in [1.807, 2.05) is 49.4 Å². The van der Waals surface area contributed by atoms with Gasteiger partial charge in [0.1, 0.15) is 6.61 Å². The van der Waals surface area contributed by atoms with Gasteiger partial charge in [-0.3, -0.25) is 4.79 Å². The number of hydrazone groups is 1. The largest absolute Gasteiger partial charge is 0.490 e. The molecule has 8 nitrogen and oxygen atoms in total. The number of carbonyl (C=O) groups is 1. The van der Waals surface area contributed by atoms with Crippen molar-refractivity contribution in [1.82, 2.24) is 5.43 Å². The van der Waals surface area contributed by atoms with E-state index in [-0.39, 0.29) is 19.2 Å². The van der Waals surface area contributed by atoms with Gasteiger partial charge >= 0.3 is 0 Å². The number of carbonyl (C=O) groups excluding carboxylic acids is 1. The average Bonchev–Trinajstić information content (AvgIpc) is 3.31. The van der Waals surface area contributed by atoms with Crippen LogP contribution in [-0.2, 0) is 11.4 Å². The lowest BCUT2D eigenvalue weighted by Crippen LogP contribution is -2.25. The lowest BCUT2D eigenvalue weighted by molar-refractivity contribution is -0.119. The summed E-state index contributed by atoms with van der Waals surface area (Å²) in [5.74, 6) is 2.26. The summed E-state index contributed by atoms with van der Waals surface area (Å²) in [4.78, 5) is 12.1. The Labute approximate surface area is 202 Å². The highest BCUT2D eigenvalue weighted by molar-refractivity contribution is 6.30. The van der Waals surface area contributed by atoms with Gasteiger partial charge in [0.25, 0.3) is 5.91 Å². The third-order valence-electron chi connectivity index (χ3n) is 4.80. The molecule has 0 fully saturated rings. The number of hydrogen-bond donors (Lipinski definition) is 2. The number of anilines is 1. The van der Waals surface area contributed by atoms with Gasteiger partial charge in [0.2, 0.25) is 6.79 Å². The van der Waals surface area contributed by atoms with Gasteiger partial charge in [0.05, 0.1) is 19.4 Å². The van der Waals surface area contributed by atoms with Crippen LogP contribution in [0.3, 0.4) is 0 Å². The monoisotopic (exact) mass is 481 g/mol. The Balaban J connectivity index is 1.29. The molecule has 0 bridgehead atoms. The molecule has 9 heteroatoms. The van der Waals surface area contributed by atoms with Crippen molar-refractivity contribution in [3.05, 3.63) is 76.8 Å². The molecule has 0 unspecified atom stereocenters. The van der Waals surface area contributed by atoms with Crippen LogP contribution in [0.4, 0.5) is 5.69 Å². The van der Waals surface area contributed by atoms with Gasteiger partial charge in [-0.25, -0.2) is 5.43 Å². The van der Waals surface area contributed by atoms with Crippen LogP contribution in [0, 0.1) is 0 Å². The van der Waals surface area contributed by atoms with E-state index < -0.39 is 0 Å². The Kier molecular flexibility index (Phi) is 7.72. The molecule has 0 radical (unpaired) electrons. The Bertz CT molecular complexity index is 1170. The van der Waals surface area contributed by atoms with Crippen LogP contribution >= 0.6 is 11.6 Å². The van der Waals surface area contributed by atoms with Crippen molar-refractivity contribution in [2.45, 2.75) is 13.5 Å². The molecular weight excluding hydrogens is 458 g/mol. The number of halogens is 1. The Morgan fingerprint density at radius 1 is 1.03 bits per heavy atom. The molecule has 1 heterocycles. The molecule has 0 aromatic heterocycles. The summed E-state index contributed by atoms with van der Waals surface area (Å²) in [6, 6.07) is 18.3. The van der Waals surface area contributed by atoms with Crippen molar-refractivity contribution < 1.29 is 23.7 Å². The SMILES string of the molecule is CCOc1cc(/C=N\NC(=O)CNc2ccc3c(c2)OCO3)ccc1OCc1ccc(Cl)cc1. The molecule has 0 atom stereocenters. The second-order valence-electron chi connectivity index (χ2n) is 7.27. The molecule has 1 aliphatic rings. The van der Waals surface area contributed by atoms with Crippen LogP contribution in [0.5, 0.6) is 23.0 Å². The van der Waals surface area contributed by atoms with Crippen LogP contribution in [-0.4, -0.2) is 32.1 Å². The third-order valence-corrected chi connectivity index (χ3v) is 5.06. The Hall–Kier alpha value is -3.91. The summed E-state index contributed by atoms with van der Waals surface area (Å²) in [5.41, 5.74) is 5.00. The maximum atomic E-state index is 12.1. The molecule has 1 aliphatic heterocycles. The topological polar surface area (TPSA) is 90.4 Å². The molecule has 0 saturated heterocycles. The summed E-state index contributed by atoms with van der Waals surface area (Å²) in [7, 11) is 0. The number of fused-ring (bicyclic) bond motifs is 1. The maximum absolute atomic E-state index is 12.1. The fourth-order valence-corrected chi connectivity index (χ4v) is 3.27. The average molecular weight is 482 g/mol. The number of nitrogens with zero attached hydrogens (tertiary/aromatic N) is 1.